The molecule has 2 aromatic rings. The van der Waals surface area contributed by atoms with E-state index in [1.807, 2.05) is 19.1 Å². The van der Waals surface area contributed by atoms with E-state index < -0.39 is 0 Å². The molecule has 7 heteroatoms. The normalized spacial score (nSPS) is 20.4. The van der Waals surface area contributed by atoms with Crippen LogP contribution in [0.2, 0.25) is 0 Å². The largest absolute Gasteiger partial charge is 0.372 e. The first-order valence-corrected chi connectivity index (χ1v) is 8.43. The van der Waals surface area contributed by atoms with E-state index in [4.69, 9.17) is 4.74 Å². The second-order valence-electron chi connectivity index (χ2n) is 6.41. The highest BCUT2D eigenvalue weighted by atomic mass is 16.5. The molecule has 3 rings (SSSR count). The average Bonchev–Trinajstić information content (AvgIpc) is 2.60. The minimum Gasteiger partial charge on any atom is -0.372 e. The number of carbonyl (C=O) groups excluding carboxylic acids is 1. The molecule has 1 saturated heterocycles. The van der Waals surface area contributed by atoms with Crippen molar-refractivity contribution in [3.8, 4) is 0 Å². The van der Waals surface area contributed by atoms with E-state index in [0.29, 0.717) is 12.2 Å². The van der Waals surface area contributed by atoms with Crippen molar-refractivity contribution >= 4 is 11.7 Å². The summed E-state index contributed by atoms with van der Waals surface area (Å²) >= 11 is 0. The van der Waals surface area contributed by atoms with E-state index in [9.17, 15) is 4.79 Å². The van der Waals surface area contributed by atoms with Gasteiger partial charge >= 0.3 is 0 Å². The molecule has 2 atom stereocenters. The molecule has 1 amide bonds. The van der Waals surface area contributed by atoms with Gasteiger partial charge in [-0.25, -0.2) is 9.97 Å². The molecule has 132 valence electrons. The zero-order valence-corrected chi connectivity index (χ0v) is 14.8. The van der Waals surface area contributed by atoms with E-state index in [2.05, 4.69) is 39.0 Å². The molecule has 3 heterocycles. The van der Waals surface area contributed by atoms with E-state index in [0.717, 1.165) is 30.2 Å². The average molecular weight is 341 g/mol. The predicted molar refractivity (Wildman–Crippen MR) is 94.4 cm³/mol. The fourth-order valence-corrected chi connectivity index (χ4v) is 2.86. The standard InChI is InChI=1S/C18H23N5O2/c1-12-6-20-16(9-19-12)18(24)22-8-15-4-5-17(21-7-15)23-10-13(2)25-14(3)11-23/h4-7,9,13-14H,8,10-11H2,1-3H3,(H,22,24)/t13-,14-/m1/s1. The Hall–Kier alpha value is -2.54. The van der Waals surface area contributed by atoms with Crippen LogP contribution in [0.5, 0.6) is 0 Å². The number of anilines is 1. The molecule has 2 aromatic heterocycles. The number of aryl methyl sites for hydroxylation is 1. The molecule has 0 radical (unpaired) electrons. The maximum Gasteiger partial charge on any atom is 0.271 e. The highest BCUT2D eigenvalue weighted by molar-refractivity contribution is 5.91. The van der Waals surface area contributed by atoms with Crippen LogP contribution >= 0.6 is 0 Å². The first kappa shape index (κ1) is 17.3. The zero-order valence-electron chi connectivity index (χ0n) is 14.8. The second kappa shape index (κ2) is 7.57. The number of nitrogens with one attached hydrogen (secondary N) is 1. The van der Waals surface area contributed by atoms with Gasteiger partial charge in [-0.2, -0.15) is 0 Å². The van der Waals surface area contributed by atoms with Crippen molar-refractivity contribution in [3.05, 3.63) is 47.7 Å². The van der Waals surface area contributed by atoms with Gasteiger partial charge in [0.2, 0.25) is 0 Å². The summed E-state index contributed by atoms with van der Waals surface area (Å²) in [5, 5.41) is 2.83. The summed E-state index contributed by atoms with van der Waals surface area (Å²) in [6.07, 6.45) is 5.24. The Kier molecular flexibility index (Phi) is 5.23. The zero-order chi connectivity index (χ0) is 17.8. The first-order valence-electron chi connectivity index (χ1n) is 8.43. The third-order valence-electron chi connectivity index (χ3n) is 4.02. The molecular weight excluding hydrogens is 318 g/mol. The van der Waals surface area contributed by atoms with Gasteiger partial charge in [0.1, 0.15) is 11.5 Å². The van der Waals surface area contributed by atoms with Crippen molar-refractivity contribution < 1.29 is 9.53 Å². The number of carbonyl (C=O) groups is 1. The SMILES string of the molecule is Cc1cnc(C(=O)NCc2ccc(N3C[C@@H](C)O[C@H](C)C3)nc2)cn1. The summed E-state index contributed by atoms with van der Waals surface area (Å²) in [7, 11) is 0. The number of aromatic nitrogens is 3. The van der Waals surface area contributed by atoms with E-state index in [-0.39, 0.29) is 18.1 Å². The Morgan fingerprint density at radius 2 is 1.92 bits per heavy atom. The van der Waals surface area contributed by atoms with Crippen LogP contribution in [-0.4, -0.2) is 46.2 Å². The van der Waals surface area contributed by atoms with Gasteiger partial charge in [0, 0.05) is 32.0 Å². The molecule has 1 fully saturated rings. The number of ether oxygens (including phenoxy) is 1. The third-order valence-corrected chi connectivity index (χ3v) is 4.02. The molecule has 7 nitrogen and oxygen atoms in total. The van der Waals surface area contributed by atoms with Crippen molar-refractivity contribution in [1.29, 1.82) is 0 Å². The molecule has 0 bridgehead atoms. The molecular formula is C18H23N5O2. The Bertz CT molecular complexity index is 707. The van der Waals surface area contributed by atoms with Gasteiger partial charge in [-0.1, -0.05) is 6.07 Å². The van der Waals surface area contributed by atoms with Crippen LogP contribution in [0, 0.1) is 6.92 Å². The maximum atomic E-state index is 12.1. The Labute approximate surface area is 147 Å². The minimum atomic E-state index is -0.243. The van der Waals surface area contributed by atoms with Crippen LogP contribution in [0.15, 0.2) is 30.7 Å². The van der Waals surface area contributed by atoms with Crippen LogP contribution in [0.3, 0.4) is 0 Å². The summed E-state index contributed by atoms with van der Waals surface area (Å²) in [5.74, 6) is 0.689. The van der Waals surface area contributed by atoms with Crippen LogP contribution in [0.25, 0.3) is 0 Å². The van der Waals surface area contributed by atoms with Gasteiger partial charge < -0.3 is 15.0 Å². The molecule has 1 N–H and O–H groups in total. The number of amides is 1. The molecule has 0 aromatic carbocycles. The summed E-state index contributed by atoms with van der Waals surface area (Å²) in [4.78, 5) is 27.0. The van der Waals surface area contributed by atoms with Crippen molar-refractivity contribution in [2.75, 3.05) is 18.0 Å². The van der Waals surface area contributed by atoms with Crippen LogP contribution in [-0.2, 0) is 11.3 Å². The lowest BCUT2D eigenvalue weighted by Gasteiger charge is -2.36. The number of nitrogens with zero attached hydrogens (tertiary/aromatic N) is 4. The van der Waals surface area contributed by atoms with Crippen LogP contribution < -0.4 is 10.2 Å². The molecule has 0 saturated carbocycles. The summed E-state index contributed by atoms with van der Waals surface area (Å²) in [5.41, 5.74) is 2.03. The van der Waals surface area contributed by atoms with Gasteiger partial charge in [-0.15, -0.1) is 0 Å². The van der Waals surface area contributed by atoms with Crippen molar-refractivity contribution in [2.24, 2.45) is 0 Å². The smallest absolute Gasteiger partial charge is 0.271 e. The lowest BCUT2D eigenvalue weighted by molar-refractivity contribution is -0.00546. The minimum absolute atomic E-state index is 0.195. The van der Waals surface area contributed by atoms with E-state index in [1.54, 1.807) is 12.4 Å². The quantitative estimate of drug-likeness (QED) is 0.912. The highest BCUT2D eigenvalue weighted by Crippen LogP contribution is 2.18. The van der Waals surface area contributed by atoms with Crippen molar-refractivity contribution in [2.45, 2.75) is 39.5 Å². The van der Waals surface area contributed by atoms with Gasteiger partial charge in [0.05, 0.1) is 24.1 Å². The van der Waals surface area contributed by atoms with Gasteiger partial charge in [-0.3, -0.25) is 9.78 Å². The van der Waals surface area contributed by atoms with Gasteiger partial charge in [-0.05, 0) is 32.4 Å². The number of pyridine rings is 1. The molecule has 0 unspecified atom stereocenters. The molecule has 0 spiro atoms. The fraction of sp³-hybridized carbons (Fsp3) is 0.444. The summed E-state index contributed by atoms with van der Waals surface area (Å²) < 4.78 is 5.75. The Balaban J connectivity index is 1.57. The number of hydrogen-bond donors (Lipinski definition) is 1. The lowest BCUT2D eigenvalue weighted by Crippen LogP contribution is -2.45. The Morgan fingerprint density at radius 3 is 2.52 bits per heavy atom. The summed E-state index contributed by atoms with van der Waals surface area (Å²) in [6.45, 7) is 8.04. The number of rotatable bonds is 4. The second-order valence-corrected chi connectivity index (χ2v) is 6.41. The third kappa shape index (κ3) is 4.51. The van der Waals surface area contributed by atoms with Crippen LogP contribution in [0.1, 0.15) is 35.6 Å². The fourth-order valence-electron chi connectivity index (χ4n) is 2.86. The topological polar surface area (TPSA) is 80.2 Å². The molecule has 25 heavy (non-hydrogen) atoms. The highest BCUT2D eigenvalue weighted by Gasteiger charge is 2.22. The van der Waals surface area contributed by atoms with Crippen molar-refractivity contribution in [1.82, 2.24) is 20.3 Å². The van der Waals surface area contributed by atoms with E-state index in [1.165, 1.54) is 6.20 Å². The van der Waals surface area contributed by atoms with Crippen LogP contribution in [0.4, 0.5) is 5.82 Å². The molecule has 1 aliphatic rings. The Morgan fingerprint density at radius 1 is 1.16 bits per heavy atom. The molecule has 0 aliphatic carbocycles. The number of morpholine rings is 1. The molecule has 1 aliphatic heterocycles. The monoisotopic (exact) mass is 341 g/mol. The van der Waals surface area contributed by atoms with E-state index >= 15 is 0 Å². The van der Waals surface area contributed by atoms with Gasteiger partial charge in [0.15, 0.2) is 0 Å². The number of hydrogen-bond acceptors (Lipinski definition) is 6. The summed E-state index contributed by atoms with van der Waals surface area (Å²) in [6, 6.07) is 3.96. The van der Waals surface area contributed by atoms with Crippen molar-refractivity contribution in [3.63, 3.8) is 0 Å². The lowest BCUT2D eigenvalue weighted by atomic mass is 10.2. The van der Waals surface area contributed by atoms with Gasteiger partial charge in [0.25, 0.3) is 5.91 Å². The maximum absolute atomic E-state index is 12.1. The first-order chi connectivity index (χ1) is 12.0. The predicted octanol–water partition coefficient (Wildman–Crippen LogP) is 1.72.